The van der Waals surface area contributed by atoms with Gasteiger partial charge in [-0.1, -0.05) is 27.7 Å². The first-order valence-corrected chi connectivity index (χ1v) is 8.70. The number of thioether (sulfide) groups is 1. The molecule has 1 saturated heterocycles. The minimum Gasteiger partial charge on any atom is -0.337 e. The maximum absolute atomic E-state index is 11.7. The highest BCUT2D eigenvalue weighted by Gasteiger charge is 2.23. The molecule has 21 heavy (non-hydrogen) atoms. The third-order valence-corrected chi connectivity index (χ3v) is 4.64. The molecule has 0 N–H and O–H groups in total. The van der Waals surface area contributed by atoms with Gasteiger partial charge in [-0.15, -0.1) is 0 Å². The molecule has 0 saturated carbocycles. The zero-order valence-electron chi connectivity index (χ0n) is 11.6. The molecular formula is C14H15BrN4OS. The van der Waals surface area contributed by atoms with Gasteiger partial charge in [0.1, 0.15) is 0 Å². The lowest BCUT2D eigenvalue weighted by Gasteiger charge is -2.33. The van der Waals surface area contributed by atoms with Crippen molar-refractivity contribution in [1.82, 2.24) is 14.9 Å². The van der Waals surface area contributed by atoms with E-state index in [4.69, 9.17) is 0 Å². The van der Waals surface area contributed by atoms with E-state index in [0.29, 0.717) is 0 Å². The Morgan fingerprint density at radius 3 is 2.19 bits per heavy atom. The van der Waals surface area contributed by atoms with Crippen LogP contribution in [0.3, 0.4) is 0 Å². The second-order valence-electron chi connectivity index (χ2n) is 4.79. The number of anilines is 1. The third kappa shape index (κ3) is 3.13. The fourth-order valence-corrected chi connectivity index (χ4v) is 3.04. The summed E-state index contributed by atoms with van der Waals surface area (Å²) in [6.45, 7) is 3.00. The molecule has 2 aliphatic heterocycles. The van der Waals surface area contributed by atoms with Crippen molar-refractivity contribution < 1.29 is 4.79 Å². The van der Waals surface area contributed by atoms with Crippen LogP contribution in [0.2, 0.25) is 0 Å². The molecule has 110 valence electrons. The molecular weight excluding hydrogens is 352 g/mol. The lowest BCUT2D eigenvalue weighted by molar-refractivity contribution is 0.219. The summed E-state index contributed by atoms with van der Waals surface area (Å²) in [7, 11) is 0. The first-order chi connectivity index (χ1) is 10.2. The van der Waals surface area contributed by atoms with Crippen LogP contribution < -0.4 is 4.90 Å². The van der Waals surface area contributed by atoms with Crippen LogP contribution in [-0.2, 0) is 0 Å². The summed E-state index contributed by atoms with van der Waals surface area (Å²) in [5, 5.41) is 0.139. The van der Waals surface area contributed by atoms with E-state index < -0.39 is 0 Å². The number of fused-ring (bicyclic) bond motifs is 1. The van der Waals surface area contributed by atoms with Crippen LogP contribution in [0, 0.1) is 0 Å². The monoisotopic (exact) mass is 366 g/mol. The summed E-state index contributed by atoms with van der Waals surface area (Å²) < 4.78 is 1.01. The number of rotatable bonds is 1. The highest BCUT2D eigenvalue weighted by Crippen LogP contribution is 2.24. The van der Waals surface area contributed by atoms with Crippen molar-refractivity contribution >= 4 is 38.9 Å². The molecule has 0 bridgehead atoms. The summed E-state index contributed by atoms with van der Waals surface area (Å²) >= 11 is 4.71. The number of aromatic nitrogens is 2. The van der Waals surface area contributed by atoms with Gasteiger partial charge in [0.2, 0.25) is 5.95 Å². The van der Waals surface area contributed by atoms with Gasteiger partial charge in [0.05, 0.1) is 11.4 Å². The van der Waals surface area contributed by atoms with Crippen molar-refractivity contribution in [3.05, 3.63) is 28.7 Å². The van der Waals surface area contributed by atoms with Crippen LogP contribution in [0.15, 0.2) is 28.7 Å². The maximum atomic E-state index is 11.7. The van der Waals surface area contributed by atoms with E-state index >= 15 is 0 Å². The summed E-state index contributed by atoms with van der Waals surface area (Å²) in [4.78, 5) is 24.9. The van der Waals surface area contributed by atoms with E-state index in [2.05, 4.69) is 30.8 Å². The summed E-state index contributed by atoms with van der Waals surface area (Å²) in [5.41, 5.74) is 1.77. The minimum absolute atomic E-state index is 0.139. The molecule has 0 aromatic rings. The van der Waals surface area contributed by atoms with Crippen LogP contribution in [0.1, 0.15) is 0 Å². The van der Waals surface area contributed by atoms with Gasteiger partial charge < -0.3 is 9.80 Å². The average molecular weight is 367 g/mol. The van der Waals surface area contributed by atoms with Gasteiger partial charge in [-0.05, 0) is 30.5 Å². The van der Waals surface area contributed by atoms with E-state index in [1.165, 1.54) is 11.8 Å². The van der Waals surface area contributed by atoms with E-state index in [-0.39, 0.29) is 5.24 Å². The zero-order valence-corrected chi connectivity index (χ0v) is 14.0. The van der Waals surface area contributed by atoms with Gasteiger partial charge in [0.25, 0.3) is 5.24 Å². The van der Waals surface area contributed by atoms with Gasteiger partial charge in [-0.2, -0.15) is 0 Å². The van der Waals surface area contributed by atoms with E-state index in [1.807, 2.05) is 35.4 Å². The van der Waals surface area contributed by atoms with Gasteiger partial charge in [-0.25, -0.2) is 9.97 Å². The molecule has 0 unspecified atom stereocenters. The van der Waals surface area contributed by atoms with Crippen LogP contribution >= 0.6 is 27.7 Å². The molecule has 1 amide bonds. The molecule has 2 heterocycles. The molecule has 0 spiro atoms. The molecule has 1 fully saturated rings. The number of imidazole rings is 1. The Hall–Kier alpha value is -1.34. The second-order valence-corrected chi connectivity index (χ2v) is 6.46. The topological polar surface area (TPSA) is 49.3 Å². The SMILES string of the molecule is CSC(=O)N1CCN(c2nc3ccc(Br)ccc-3n2)CC1. The number of hydrogen-bond donors (Lipinski definition) is 0. The smallest absolute Gasteiger partial charge is 0.281 e. The van der Waals surface area contributed by atoms with Gasteiger partial charge in [0, 0.05) is 30.7 Å². The Kier molecular flexibility index (Phi) is 4.30. The Balaban J connectivity index is 1.76. The van der Waals surface area contributed by atoms with E-state index in [1.54, 1.807) is 0 Å². The van der Waals surface area contributed by atoms with Crippen molar-refractivity contribution in [2.24, 2.45) is 0 Å². The molecule has 0 atom stereocenters. The number of nitrogens with zero attached hydrogens (tertiary/aromatic N) is 4. The van der Waals surface area contributed by atoms with Crippen LogP contribution in [0.4, 0.5) is 10.7 Å². The minimum atomic E-state index is 0.139. The molecule has 7 heteroatoms. The standard InChI is InChI=1S/C14H15BrN4OS/c1-21-14(20)19-8-6-18(7-9-19)13-16-11-4-2-10(15)3-5-12(11)17-13/h2-5H,6-9H2,1H3. The van der Waals surface area contributed by atoms with Crippen LogP contribution in [0.25, 0.3) is 11.4 Å². The fraction of sp³-hybridized carbons (Fsp3) is 0.357. The molecule has 5 nitrogen and oxygen atoms in total. The lowest BCUT2D eigenvalue weighted by atomic mass is 10.3. The molecule has 0 aromatic carbocycles. The highest BCUT2D eigenvalue weighted by atomic mass is 79.9. The van der Waals surface area contributed by atoms with Crippen molar-refractivity contribution in [2.75, 3.05) is 37.3 Å². The largest absolute Gasteiger partial charge is 0.337 e. The van der Waals surface area contributed by atoms with Crippen molar-refractivity contribution in [3.63, 3.8) is 0 Å². The predicted molar refractivity (Wildman–Crippen MR) is 89.1 cm³/mol. The zero-order chi connectivity index (χ0) is 14.8. The Morgan fingerprint density at radius 1 is 1.10 bits per heavy atom. The predicted octanol–water partition coefficient (Wildman–Crippen LogP) is 2.95. The number of carbonyl (C=O) groups excluding carboxylic acids is 1. The van der Waals surface area contributed by atoms with Gasteiger partial charge in [-0.3, -0.25) is 4.79 Å². The molecule has 0 aromatic heterocycles. The fourth-order valence-electron chi connectivity index (χ4n) is 2.33. The maximum Gasteiger partial charge on any atom is 0.281 e. The van der Waals surface area contributed by atoms with Crippen molar-refractivity contribution in [1.29, 1.82) is 0 Å². The summed E-state index contributed by atoms with van der Waals surface area (Å²) in [5.74, 6) is 0.753. The average Bonchev–Trinajstić information content (AvgIpc) is 2.85. The van der Waals surface area contributed by atoms with Gasteiger partial charge in [0.15, 0.2) is 0 Å². The Morgan fingerprint density at radius 2 is 1.67 bits per heavy atom. The molecule has 0 radical (unpaired) electrons. The van der Waals surface area contributed by atoms with Gasteiger partial charge >= 0.3 is 0 Å². The molecule has 3 aliphatic rings. The number of piperazine rings is 1. The first kappa shape index (κ1) is 14.6. The number of hydrogen-bond acceptors (Lipinski definition) is 5. The van der Waals surface area contributed by atoms with E-state index in [0.717, 1.165) is 48.0 Å². The van der Waals surface area contributed by atoms with Crippen LogP contribution in [-0.4, -0.2) is 52.5 Å². The summed E-state index contributed by atoms with van der Waals surface area (Å²) in [6, 6.07) is 7.86. The Bertz CT molecular complexity index is 597. The van der Waals surface area contributed by atoms with E-state index in [9.17, 15) is 4.79 Å². The van der Waals surface area contributed by atoms with Crippen molar-refractivity contribution in [3.8, 4) is 11.4 Å². The third-order valence-electron chi connectivity index (χ3n) is 3.50. The highest BCUT2D eigenvalue weighted by molar-refractivity contribution is 9.10. The first-order valence-electron chi connectivity index (χ1n) is 6.68. The number of halogens is 1. The Labute approximate surface area is 136 Å². The summed E-state index contributed by atoms with van der Waals surface area (Å²) in [6.07, 6.45) is 1.82. The number of carbonyl (C=O) groups is 1. The van der Waals surface area contributed by atoms with Crippen LogP contribution in [0.5, 0.6) is 0 Å². The lowest BCUT2D eigenvalue weighted by Crippen LogP contribution is -2.48. The number of amides is 1. The molecule has 1 aliphatic carbocycles. The second kappa shape index (κ2) is 6.19. The normalized spacial score (nSPS) is 15.5. The molecule has 3 rings (SSSR count). The quantitative estimate of drug-likeness (QED) is 0.776. The van der Waals surface area contributed by atoms with Crippen molar-refractivity contribution in [2.45, 2.75) is 0 Å².